The van der Waals surface area contributed by atoms with Gasteiger partial charge in [-0.25, -0.2) is 9.78 Å². The molecule has 2 aromatic carbocycles. The Morgan fingerprint density at radius 3 is 2.48 bits per heavy atom. The number of hydrogen-bond donors (Lipinski definition) is 1. The van der Waals surface area contributed by atoms with Gasteiger partial charge in [-0.2, -0.15) is 0 Å². The van der Waals surface area contributed by atoms with Crippen LogP contribution in [0.15, 0.2) is 54.7 Å². The molecular formula is C19H18N2O2. The second-order valence-corrected chi connectivity index (χ2v) is 5.40. The fourth-order valence-corrected chi connectivity index (χ4v) is 2.50. The molecule has 1 aromatic heterocycles. The van der Waals surface area contributed by atoms with Crippen molar-refractivity contribution in [2.24, 2.45) is 0 Å². The van der Waals surface area contributed by atoms with Crippen LogP contribution in [0.4, 0.5) is 5.82 Å². The number of ether oxygens (including phenoxy) is 1. The number of nitrogens with one attached hydrogen (secondary N) is 1. The molecule has 23 heavy (non-hydrogen) atoms. The summed E-state index contributed by atoms with van der Waals surface area (Å²) in [5, 5.41) is 5.08. The molecule has 0 unspecified atom stereocenters. The Morgan fingerprint density at radius 2 is 1.78 bits per heavy atom. The normalized spacial score (nSPS) is 10.5. The number of carbonyl (C=O) groups excluding carboxylic acids is 1. The van der Waals surface area contributed by atoms with Gasteiger partial charge in [0.05, 0.1) is 12.7 Å². The van der Waals surface area contributed by atoms with Gasteiger partial charge in [-0.05, 0) is 12.5 Å². The van der Waals surface area contributed by atoms with Crippen molar-refractivity contribution >= 4 is 22.6 Å². The van der Waals surface area contributed by atoms with E-state index in [4.69, 9.17) is 4.74 Å². The summed E-state index contributed by atoms with van der Waals surface area (Å²) in [6.07, 6.45) is 1.56. The van der Waals surface area contributed by atoms with Crippen LogP contribution in [0.1, 0.15) is 21.5 Å². The van der Waals surface area contributed by atoms with Gasteiger partial charge >= 0.3 is 5.97 Å². The molecule has 0 atom stereocenters. The van der Waals surface area contributed by atoms with Gasteiger partial charge in [0.25, 0.3) is 0 Å². The van der Waals surface area contributed by atoms with Crippen molar-refractivity contribution in [3.05, 3.63) is 71.4 Å². The lowest BCUT2D eigenvalue weighted by molar-refractivity contribution is 0.0602. The number of pyridine rings is 1. The Morgan fingerprint density at radius 1 is 1.09 bits per heavy atom. The molecule has 0 spiro atoms. The van der Waals surface area contributed by atoms with E-state index in [1.807, 2.05) is 24.3 Å². The van der Waals surface area contributed by atoms with Gasteiger partial charge < -0.3 is 10.1 Å². The van der Waals surface area contributed by atoms with Crippen molar-refractivity contribution in [3.8, 4) is 0 Å². The Bertz CT molecular complexity index is 842. The second-order valence-electron chi connectivity index (χ2n) is 5.40. The molecule has 1 heterocycles. The first-order chi connectivity index (χ1) is 11.2. The minimum absolute atomic E-state index is 0.376. The Labute approximate surface area is 135 Å². The number of fused-ring (bicyclic) bond motifs is 1. The van der Waals surface area contributed by atoms with E-state index in [2.05, 4.69) is 41.5 Å². The number of hydrogen-bond acceptors (Lipinski definition) is 4. The minimum atomic E-state index is -0.376. The number of benzene rings is 2. The van der Waals surface area contributed by atoms with Crippen molar-refractivity contribution in [1.82, 2.24) is 4.98 Å². The monoisotopic (exact) mass is 306 g/mol. The van der Waals surface area contributed by atoms with Gasteiger partial charge in [-0.3, -0.25) is 0 Å². The lowest BCUT2D eigenvalue weighted by Gasteiger charge is -2.11. The number of rotatable bonds is 4. The van der Waals surface area contributed by atoms with Crippen LogP contribution in [0.2, 0.25) is 0 Å². The molecule has 116 valence electrons. The number of carbonyl (C=O) groups is 1. The molecule has 0 saturated heterocycles. The highest BCUT2D eigenvalue weighted by Gasteiger charge is 2.13. The lowest BCUT2D eigenvalue weighted by Crippen LogP contribution is -2.06. The van der Waals surface area contributed by atoms with Crippen LogP contribution in [0, 0.1) is 6.92 Å². The molecule has 0 aliphatic rings. The minimum Gasteiger partial charge on any atom is -0.465 e. The standard InChI is InChI=1S/C19H18N2O2/c1-13-7-9-14(10-8-13)11-20-18-16-6-4-3-5-15(16)17(12-21-18)19(22)23-2/h3-10,12H,11H2,1-2H3,(H,20,21). The van der Waals surface area contributed by atoms with Gasteiger partial charge in [0.2, 0.25) is 0 Å². The van der Waals surface area contributed by atoms with E-state index in [1.54, 1.807) is 6.20 Å². The zero-order chi connectivity index (χ0) is 16.2. The van der Waals surface area contributed by atoms with Crippen LogP contribution >= 0.6 is 0 Å². The highest BCUT2D eigenvalue weighted by molar-refractivity contribution is 6.07. The van der Waals surface area contributed by atoms with Crippen LogP contribution in [-0.2, 0) is 11.3 Å². The summed E-state index contributed by atoms with van der Waals surface area (Å²) in [4.78, 5) is 16.3. The molecule has 0 aliphatic carbocycles. The summed E-state index contributed by atoms with van der Waals surface area (Å²) in [5.74, 6) is 0.382. The predicted octanol–water partition coefficient (Wildman–Crippen LogP) is 3.94. The van der Waals surface area contributed by atoms with E-state index in [1.165, 1.54) is 18.2 Å². The highest BCUT2D eigenvalue weighted by atomic mass is 16.5. The van der Waals surface area contributed by atoms with E-state index in [0.29, 0.717) is 12.1 Å². The molecule has 1 N–H and O–H groups in total. The van der Waals surface area contributed by atoms with Crippen molar-refractivity contribution in [3.63, 3.8) is 0 Å². The summed E-state index contributed by atoms with van der Waals surface area (Å²) < 4.78 is 4.83. The predicted molar refractivity (Wildman–Crippen MR) is 91.6 cm³/mol. The Balaban J connectivity index is 1.92. The quantitative estimate of drug-likeness (QED) is 0.742. The van der Waals surface area contributed by atoms with Crippen molar-refractivity contribution < 1.29 is 9.53 Å². The van der Waals surface area contributed by atoms with E-state index in [9.17, 15) is 4.79 Å². The number of nitrogens with zero attached hydrogens (tertiary/aromatic N) is 1. The van der Waals surface area contributed by atoms with Crippen LogP contribution in [0.25, 0.3) is 10.8 Å². The maximum absolute atomic E-state index is 11.9. The molecule has 0 radical (unpaired) electrons. The summed E-state index contributed by atoms with van der Waals surface area (Å²) in [7, 11) is 1.38. The zero-order valence-electron chi connectivity index (χ0n) is 13.2. The Kier molecular flexibility index (Phi) is 4.24. The summed E-state index contributed by atoms with van der Waals surface area (Å²) in [5.41, 5.74) is 2.89. The van der Waals surface area contributed by atoms with Gasteiger partial charge in [0.1, 0.15) is 5.82 Å². The molecule has 3 rings (SSSR count). The van der Waals surface area contributed by atoms with Gasteiger partial charge in [-0.15, -0.1) is 0 Å². The third-order valence-electron chi connectivity index (χ3n) is 3.78. The largest absolute Gasteiger partial charge is 0.465 e. The third-order valence-corrected chi connectivity index (χ3v) is 3.78. The Hall–Kier alpha value is -2.88. The number of esters is 1. The lowest BCUT2D eigenvalue weighted by atomic mass is 10.1. The van der Waals surface area contributed by atoms with Crippen molar-refractivity contribution in [2.75, 3.05) is 12.4 Å². The molecule has 4 heteroatoms. The summed E-state index contributed by atoms with van der Waals surface area (Å²) >= 11 is 0. The second kappa shape index (κ2) is 6.48. The topological polar surface area (TPSA) is 51.2 Å². The molecule has 0 bridgehead atoms. The molecule has 4 nitrogen and oxygen atoms in total. The average Bonchev–Trinajstić information content (AvgIpc) is 2.60. The van der Waals surface area contributed by atoms with Crippen LogP contribution < -0.4 is 5.32 Å². The third kappa shape index (κ3) is 3.16. The van der Waals surface area contributed by atoms with Crippen LogP contribution in [-0.4, -0.2) is 18.1 Å². The van der Waals surface area contributed by atoms with Gasteiger partial charge in [0, 0.05) is 23.5 Å². The first-order valence-electron chi connectivity index (χ1n) is 7.44. The SMILES string of the molecule is COC(=O)c1cnc(NCc2ccc(C)cc2)c2ccccc12. The molecule has 3 aromatic rings. The van der Waals surface area contributed by atoms with Gasteiger partial charge in [0.15, 0.2) is 0 Å². The van der Waals surface area contributed by atoms with Crippen LogP contribution in [0.3, 0.4) is 0 Å². The summed E-state index contributed by atoms with van der Waals surface area (Å²) in [6.45, 7) is 2.74. The zero-order valence-corrected chi connectivity index (χ0v) is 13.2. The fraction of sp³-hybridized carbons (Fsp3) is 0.158. The first-order valence-corrected chi connectivity index (χ1v) is 7.44. The van der Waals surface area contributed by atoms with Crippen molar-refractivity contribution in [2.45, 2.75) is 13.5 Å². The van der Waals surface area contributed by atoms with E-state index < -0.39 is 0 Å². The number of anilines is 1. The first kappa shape index (κ1) is 15.0. The maximum atomic E-state index is 11.9. The molecule has 0 fully saturated rings. The average molecular weight is 306 g/mol. The molecule has 0 amide bonds. The number of aromatic nitrogens is 1. The maximum Gasteiger partial charge on any atom is 0.340 e. The number of methoxy groups -OCH3 is 1. The van der Waals surface area contributed by atoms with Crippen LogP contribution in [0.5, 0.6) is 0 Å². The van der Waals surface area contributed by atoms with E-state index in [0.717, 1.165) is 16.6 Å². The highest BCUT2D eigenvalue weighted by Crippen LogP contribution is 2.25. The molecule has 0 aliphatic heterocycles. The molecule has 0 saturated carbocycles. The fourth-order valence-electron chi connectivity index (χ4n) is 2.50. The van der Waals surface area contributed by atoms with Gasteiger partial charge in [-0.1, -0.05) is 54.1 Å². The smallest absolute Gasteiger partial charge is 0.340 e. The van der Waals surface area contributed by atoms with Crippen molar-refractivity contribution in [1.29, 1.82) is 0 Å². The van der Waals surface area contributed by atoms with E-state index >= 15 is 0 Å². The summed E-state index contributed by atoms with van der Waals surface area (Å²) in [6, 6.07) is 16.0. The van der Waals surface area contributed by atoms with E-state index in [-0.39, 0.29) is 5.97 Å². The molecular weight excluding hydrogens is 288 g/mol. The number of aryl methyl sites for hydroxylation is 1.